The molecule has 0 bridgehead atoms. The number of aliphatic hydroxyl groups excluding tert-OH is 8. The van der Waals surface area contributed by atoms with Gasteiger partial charge in [-0.1, -0.05) is 0 Å². The second-order valence-electron chi connectivity index (χ2n) is 15.6. The van der Waals surface area contributed by atoms with E-state index in [1.807, 2.05) is 0 Å². The Hall–Kier alpha value is -5.84. The van der Waals surface area contributed by atoms with E-state index in [1.165, 1.54) is 44.6 Å². The summed E-state index contributed by atoms with van der Waals surface area (Å²) in [5.41, 5.74) is 0.319. The number of carbonyl (C=O) groups excluding carboxylic acids is 1. The van der Waals surface area contributed by atoms with Gasteiger partial charge in [-0.25, -0.2) is 9.21 Å². The molecule has 0 spiro atoms. The number of esters is 1. The number of rotatable bonds is 14. The first kappa shape index (κ1) is 49.1. The Morgan fingerprint density at radius 1 is 0.687 bits per heavy atom. The molecule has 24 nitrogen and oxygen atoms in total. The average molecular weight is 950 g/mol. The number of methoxy groups -OCH3 is 2. The summed E-state index contributed by atoms with van der Waals surface area (Å²) >= 11 is 0. The van der Waals surface area contributed by atoms with Crippen molar-refractivity contribution >= 4 is 23.0 Å². The van der Waals surface area contributed by atoms with Gasteiger partial charge >= 0.3 is 17.3 Å². The third-order valence-corrected chi connectivity index (χ3v) is 11.1. The zero-order valence-electron chi connectivity index (χ0n) is 35.3. The standard InChI is InChI=1S/C43H48O24/c1-58-25-7-16(8-26(59-2)32(25)51)3-6-30(49)60-14-28-33(52)35(54)38(57)41(65-28)62-15-29-34(53)36(55)40(67-42-37(56)31(50)23(48)13-61-42)43(66-29)64-27-12-19-21(46)10-18(44)11-24(19)63-39(27)17-4-5-20(45)22(47)9-17/h3-12,23,28-29,31,33-38,40-43,48,50,52-57H,13-15H2,1-2H3,(H4-,44,45,46,47,49,51)/p+1/t23-,28?,29?,31?,33-,34+,35+,36?,37-,38?,40?,41-,42+,43-/m1/s1. The minimum atomic E-state index is -2.04. The molecule has 0 amide bonds. The van der Waals surface area contributed by atoms with Gasteiger partial charge in [-0.15, -0.1) is 0 Å². The summed E-state index contributed by atoms with van der Waals surface area (Å²) in [6, 6.07) is 9.68. The highest BCUT2D eigenvalue weighted by Crippen LogP contribution is 2.43. The molecule has 3 fully saturated rings. The molecular formula is C43H49O24+. The van der Waals surface area contributed by atoms with Gasteiger partial charge < -0.3 is 109 Å². The molecule has 0 aliphatic carbocycles. The molecule has 24 heteroatoms. The first-order chi connectivity index (χ1) is 31.9. The quantitative estimate of drug-likeness (QED) is 0.0301. The number of benzene rings is 3. The normalized spacial score (nSPS) is 31.1. The van der Waals surface area contributed by atoms with Crippen LogP contribution in [0, 0.1) is 0 Å². The van der Waals surface area contributed by atoms with Crippen LogP contribution >= 0.6 is 0 Å². The van der Waals surface area contributed by atoms with Crippen molar-refractivity contribution in [2.24, 2.45) is 0 Å². The van der Waals surface area contributed by atoms with Gasteiger partial charge in [0.05, 0.1) is 39.1 Å². The molecular weight excluding hydrogens is 900 g/mol. The van der Waals surface area contributed by atoms with Crippen LogP contribution in [0.5, 0.6) is 46.0 Å². The topological polar surface area (TPSA) is 374 Å². The van der Waals surface area contributed by atoms with Gasteiger partial charge in [-0.3, -0.25) is 0 Å². The van der Waals surface area contributed by atoms with Crippen LogP contribution in [0.25, 0.3) is 28.4 Å². The number of aliphatic hydroxyl groups is 8. The lowest BCUT2D eigenvalue weighted by Gasteiger charge is -2.45. The van der Waals surface area contributed by atoms with E-state index in [4.69, 9.17) is 47.0 Å². The highest BCUT2D eigenvalue weighted by atomic mass is 16.8. The molecule has 0 radical (unpaired) electrons. The highest BCUT2D eigenvalue weighted by molar-refractivity contribution is 5.89. The van der Waals surface area contributed by atoms with Crippen molar-refractivity contribution in [3.63, 3.8) is 0 Å². The van der Waals surface area contributed by atoms with Crippen LogP contribution in [-0.4, -0.2) is 192 Å². The number of hydrogen-bond donors (Lipinski definition) is 13. The molecule has 6 unspecified atom stereocenters. The van der Waals surface area contributed by atoms with Crippen LogP contribution in [-0.2, 0) is 33.2 Å². The van der Waals surface area contributed by atoms with Crippen molar-refractivity contribution in [1.82, 2.24) is 0 Å². The fourth-order valence-electron chi connectivity index (χ4n) is 7.37. The third-order valence-electron chi connectivity index (χ3n) is 11.1. The van der Waals surface area contributed by atoms with E-state index in [2.05, 4.69) is 0 Å². The van der Waals surface area contributed by atoms with Gasteiger partial charge in [0.25, 0.3) is 0 Å². The summed E-state index contributed by atoms with van der Waals surface area (Å²) in [7, 11) is 2.63. The Balaban J connectivity index is 1.11. The molecule has 13 N–H and O–H groups in total. The van der Waals surface area contributed by atoms with Gasteiger partial charge in [0.1, 0.15) is 84.5 Å². The smallest absolute Gasteiger partial charge is 0.402 e. The van der Waals surface area contributed by atoms with Gasteiger partial charge in [-0.2, -0.15) is 0 Å². The Bertz CT molecular complexity index is 2390. The first-order valence-corrected chi connectivity index (χ1v) is 20.3. The molecule has 4 aromatic rings. The second kappa shape index (κ2) is 20.6. The van der Waals surface area contributed by atoms with Crippen LogP contribution in [0.15, 0.2) is 59.0 Å². The maximum absolute atomic E-state index is 12.7. The maximum atomic E-state index is 12.7. The fourth-order valence-corrected chi connectivity index (χ4v) is 7.37. The summed E-state index contributed by atoms with van der Waals surface area (Å²) in [5.74, 6) is -3.63. The predicted molar refractivity (Wildman–Crippen MR) is 220 cm³/mol. The van der Waals surface area contributed by atoms with Crippen LogP contribution in [0.4, 0.5) is 0 Å². The van der Waals surface area contributed by atoms with Crippen molar-refractivity contribution in [2.45, 2.75) is 86.0 Å². The third kappa shape index (κ3) is 10.5. The fraction of sp³-hybridized carbons (Fsp3) is 0.442. The monoisotopic (exact) mass is 949 g/mol. The minimum absolute atomic E-state index is 0.0458. The zero-order chi connectivity index (χ0) is 48.4. The molecule has 364 valence electrons. The lowest BCUT2D eigenvalue weighted by Crippen LogP contribution is -2.64. The molecule has 3 aliphatic heterocycles. The molecule has 3 aliphatic rings. The Morgan fingerprint density at radius 3 is 2.03 bits per heavy atom. The Labute approximate surface area is 378 Å². The molecule has 3 aromatic carbocycles. The van der Waals surface area contributed by atoms with Crippen molar-refractivity contribution in [3.8, 4) is 57.3 Å². The molecule has 14 atom stereocenters. The van der Waals surface area contributed by atoms with Crippen molar-refractivity contribution in [1.29, 1.82) is 0 Å². The number of fused-ring (bicyclic) bond motifs is 1. The molecule has 67 heavy (non-hydrogen) atoms. The van der Waals surface area contributed by atoms with Gasteiger partial charge in [0.2, 0.25) is 17.8 Å². The lowest BCUT2D eigenvalue weighted by atomic mass is 9.98. The predicted octanol–water partition coefficient (Wildman–Crippen LogP) is -1.34. The zero-order valence-corrected chi connectivity index (χ0v) is 35.3. The van der Waals surface area contributed by atoms with Gasteiger partial charge in [-0.05, 0) is 35.9 Å². The van der Waals surface area contributed by atoms with E-state index in [9.17, 15) is 71.2 Å². The van der Waals surface area contributed by atoms with Crippen LogP contribution in [0.3, 0.4) is 0 Å². The first-order valence-electron chi connectivity index (χ1n) is 20.3. The highest BCUT2D eigenvalue weighted by Gasteiger charge is 2.52. The summed E-state index contributed by atoms with van der Waals surface area (Å²) in [6.45, 7) is -1.99. The van der Waals surface area contributed by atoms with E-state index >= 15 is 0 Å². The number of ether oxygens (including phenoxy) is 9. The lowest BCUT2D eigenvalue weighted by molar-refractivity contribution is -0.353. The molecule has 0 saturated carbocycles. The summed E-state index contributed by atoms with van der Waals surface area (Å²) < 4.78 is 56.3. The Morgan fingerprint density at radius 2 is 1.34 bits per heavy atom. The van der Waals surface area contributed by atoms with Crippen LogP contribution in [0.2, 0.25) is 0 Å². The summed E-state index contributed by atoms with van der Waals surface area (Å²) in [4.78, 5) is 12.7. The van der Waals surface area contributed by atoms with Crippen LogP contribution in [0.1, 0.15) is 5.56 Å². The van der Waals surface area contributed by atoms with Crippen molar-refractivity contribution in [3.05, 3.63) is 60.2 Å². The number of hydrogen-bond acceptors (Lipinski definition) is 23. The number of phenols is 5. The molecule has 7 rings (SSSR count). The van der Waals surface area contributed by atoms with Gasteiger partial charge in [0, 0.05) is 24.3 Å². The van der Waals surface area contributed by atoms with Crippen molar-refractivity contribution < 1.29 is 118 Å². The second-order valence-corrected chi connectivity index (χ2v) is 15.6. The summed E-state index contributed by atoms with van der Waals surface area (Å²) in [6.07, 6.45) is -23.1. The number of aromatic hydroxyl groups is 5. The van der Waals surface area contributed by atoms with Crippen molar-refractivity contribution in [2.75, 3.05) is 34.0 Å². The molecule has 4 heterocycles. The van der Waals surface area contributed by atoms with E-state index in [0.717, 1.165) is 30.3 Å². The van der Waals surface area contributed by atoms with E-state index in [1.54, 1.807) is 0 Å². The van der Waals surface area contributed by atoms with E-state index < -0.39 is 135 Å². The van der Waals surface area contributed by atoms with Crippen LogP contribution < -0.4 is 14.2 Å². The number of carbonyl (C=O) groups is 1. The maximum Gasteiger partial charge on any atom is 0.402 e. The SMILES string of the molecule is COc1cc(/C=C/C(=O)OCC2O[C@@H](OCC3O[C@@H](Oc4cc5c(O)cc(O)cc5[o+]c4-c4ccc(O)c(O)c4)C(O[C@@H]4OC[C@@H](O)C(O)[C@H]4O)C(O)[C@H]3O)C(O)[C@@H](O)[C@@H]2O)cc(OC)c1O. The minimum Gasteiger partial charge on any atom is -0.507 e. The largest absolute Gasteiger partial charge is 0.507 e. The Kier molecular flexibility index (Phi) is 15.1. The molecule has 3 saturated heterocycles. The van der Waals surface area contributed by atoms with E-state index in [0.29, 0.717) is 5.56 Å². The number of phenolic OH excluding ortho intramolecular Hbond substituents is 5. The van der Waals surface area contributed by atoms with Gasteiger partial charge in [0.15, 0.2) is 41.7 Å². The van der Waals surface area contributed by atoms with E-state index in [-0.39, 0.29) is 45.3 Å². The average Bonchev–Trinajstić information content (AvgIpc) is 3.30. The molecule has 1 aromatic heterocycles. The summed E-state index contributed by atoms with van der Waals surface area (Å²) in [5, 5.41) is 138.